The Bertz CT molecular complexity index is 1900. The van der Waals surface area contributed by atoms with Crippen LogP contribution in [0.4, 0.5) is 0 Å². The first-order chi connectivity index (χ1) is 20.9. The second-order valence-corrected chi connectivity index (χ2v) is 14.7. The van der Waals surface area contributed by atoms with Crippen molar-refractivity contribution >= 4 is 32.2 Å². The highest BCUT2D eigenvalue weighted by Gasteiger charge is 2.43. The second kappa shape index (κ2) is 12.5. The molecule has 0 bridgehead atoms. The van der Waals surface area contributed by atoms with Gasteiger partial charge in [0, 0.05) is 42.3 Å². The van der Waals surface area contributed by atoms with Gasteiger partial charge < -0.3 is 4.57 Å². The number of nitrogens with zero attached hydrogens (tertiary/aromatic N) is 4. The molecule has 0 unspecified atom stereocenters. The average molecular weight is 634 g/mol. The molecule has 1 atom stereocenters. The highest BCUT2D eigenvalue weighted by molar-refractivity contribution is 7.89. The molecule has 0 saturated carbocycles. The zero-order chi connectivity index (χ0) is 31.6. The van der Waals surface area contributed by atoms with Gasteiger partial charge in [0.2, 0.25) is 20.0 Å². The summed E-state index contributed by atoms with van der Waals surface area (Å²) in [4.78, 5) is 13.7. The van der Waals surface area contributed by atoms with E-state index in [1.54, 1.807) is 36.4 Å². The first-order valence-corrected chi connectivity index (χ1v) is 17.0. The quantitative estimate of drug-likeness (QED) is 0.233. The van der Waals surface area contributed by atoms with Crippen LogP contribution in [0.5, 0.6) is 0 Å². The predicted molar refractivity (Wildman–Crippen MR) is 170 cm³/mol. The molecule has 0 spiro atoms. The number of piperazine rings is 1. The topological polar surface area (TPSA) is 121 Å². The number of rotatable bonds is 8. The molecule has 44 heavy (non-hydrogen) atoms. The number of amides is 1. The maximum Gasteiger partial charge on any atom is 0.259 e. The lowest BCUT2D eigenvalue weighted by molar-refractivity contribution is -0.125. The number of hydrogen-bond acceptors (Lipinski definition) is 6. The normalized spacial score (nSPS) is 16.8. The van der Waals surface area contributed by atoms with E-state index in [9.17, 15) is 21.6 Å². The first kappa shape index (κ1) is 31.3. The Morgan fingerprint density at radius 2 is 1.36 bits per heavy atom. The first-order valence-electron chi connectivity index (χ1n) is 14.1. The van der Waals surface area contributed by atoms with Gasteiger partial charge in [0.15, 0.2) is 0 Å². The molecule has 0 radical (unpaired) electrons. The number of nitrogens with one attached hydrogen (secondary N) is 1. The van der Waals surface area contributed by atoms with Gasteiger partial charge in [-0.25, -0.2) is 22.3 Å². The Balaban J connectivity index is 1.42. The molecule has 2 heterocycles. The van der Waals surface area contributed by atoms with Gasteiger partial charge >= 0.3 is 0 Å². The van der Waals surface area contributed by atoms with Crippen molar-refractivity contribution < 1.29 is 21.6 Å². The molecule has 4 aromatic rings. The standard InChI is InChI=1S/C32H35N5O5S2/c1-23-17-24(2)19-28(18-23)37-25(3)20-27(26(37)4)21-33-34-32(38)31-22-35(43(39,40)29-11-7-5-8-12-29)15-16-36(31)44(41,42)30-13-9-6-10-14-30/h5-14,17-21,31H,15-16,22H2,1-4H3,(H,34,38)/b33-21-/t31-/m0/s1. The maximum atomic E-state index is 13.6. The van der Waals surface area contributed by atoms with Gasteiger partial charge in [0.05, 0.1) is 16.0 Å². The van der Waals surface area contributed by atoms with Crippen molar-refractivity contribution in [3.8, 4) is 5.69 Å². The molecule has 3 aromatic carbocycles. The van der Waals surface area contributed by atoms with Gasteiger partial charge in [-0.2, -0.15) is 13.7 Å². The molecule has 1 aliphatic rings. The Labute approximate surface area is 258 Å². The summed E-state index contributed by atoms with van der Waals surface area (Å²) in [6, 6.07) is 22.5. The van der Waals surface area contributed by atoms with Crippen molar-refractivity contribution in [2.75, 3.05) is 19.6 Å². The third-order valence-electron chi connectivity index (χ3n) is 7.64. The number of hydrazone groups is 1. The zero-order valence-corrected chi connectivity index (χ0v) is 26.6. The van der Waals surface area contributed by atoms with Crippen LogP contribution in [0.25, 0.3) is 5.69 Å². The molecule has 1 aliphatic heterocycles. The van der Waals surface area contributed by atoms with Gasteiger partial charge in [-0.1, -0.05) is 42.5 Å². The van der Waals surface area contributed by atoms with Crippen LogP contribution in [0.1, 0.15) is 28.1 Å². The van der Waals surface area contributed by atoms with E-state index in [1.165, 1.54) is 30.5 Å². The van der Waals surface area contributed by atoms with E-state index in [0.717, 1.165) is 42.4 Å². The van der Waals surface area contributed by atoms with Crippen LogP contribution in [0.2, 0.25) is 0 Å². The number of carbonyl (C=O) groups excluding carboxylic acids is 1. The molecule has 1 saturated heterocycles. The van der Waals surface area contributed by atoms with Crippen molar-refractivity contribution in [2.45, 2.75) is 43.5 Å². The van der Waals surface area contributed by atoms with E-state index >= 15 is 0 Å². The summed E-state index contributed by atoms with van der Waals surface area (Å²) in [5.74, 6) is -0.739. The lowest BCUT2D eigenvalue weighted by Gasteiger charge is -2.38. The van der Waals surface area contributed by atoms with Crippen molar-refractivity contribution in [2.24, 2.45) is 5.10 Å². The lowest BCUT2D eigenvalue weighted by atomic mass is 10.1. The average Bonchev–Trinajstić information content (AvgIpc) is 3.29. The summed E-state index contributed by atoms with van der Waals surface area (Å²) < 4.78 is 58.4. The van der Waals surface area contributed by atoms with Crippen LogP contribution in [-0.2, 0) is 24.8 Å². The molecule has 10 nitrogen and oxygen atoms in total. The smallest absolute Gasteiger partial charge is 0.259 e. The summed E-state index contributed by atoms with van der Waals surface area (Å²) in [6.07, 6.45) is 1.51. The van der Waals surface area contributed by atoms with E-state index in [4.69, 9.17) is 0 Å². The zero-order valence-electron chi connectivity index (χ0n) is 25.0. The number of benzene rings is 3. The van der Waals surface area contributed by atoms with Gasteiger partial charge in [-0.15, -0.1) is 0 Å². The molecule has 1 fully saturated rings. The number of carbonyl (C=O) groups is 1. The molecule has 5 rings (SSSR count). The largest absolute Gasteiger partial charge is 0.318 e. The minimum Gasteiger partial charge on any atom is -0.318 e. The molecule has 1 N–H and O–H groups in total. The Kier molecular flexibility index (Phi) is 8.89. The fourth-order valence-electron chi connectivity index (χ4n) is 5.57. The minimum absolute atomic E-state index is 0.0134. The van der Waals surface area contributed by atoms with E-state index < -0.39 is 32.0 Å². The van der Waals surface area contributed by atoms with Crippen LogP contribution in [-0.4, -0.2) is 67.8 Å². The fraction of sp³-hybridized carbons (Fsp3) is 0.250. The maximum absolute atomic E-state index is 13.6. The van der Waals surface area contributed by atoms with Gasteiger partial charge in [0.25, 0.3) is 5.91 Å². The second-order valence-electron chi connectivity index (χ2n) is 10.9. The molecule has 0 aliphatic carbocycles. The lowest BCUT2D eigenvalue weighted by Crippen LogP contribution is -2.60. The van der Waals surface area contributed by atoms with E-state index in [2.05, 4.69) is 33.3 Å². The van der Waals surface area contributed by atoms with Crippen LogP contribution in [0.3, 0.4) is 0 Å². The summed E-state index contributed by atoms with van der Waals surface area (Å²) in [5, 5.41) is 4.17. The van der Waals surface area contributed by atoms with Gasteiger partial charge in [0.1, 0.15) is 6.04 Å². The van der Waals surface area contributed by atoms with Crippen molar-refractivity contribution in [3.63, 3.8) is 0 Å². The van der Waals surface area contributed by atoms with Gasteiger partial charge in [-0.3, -0.25) is 4.79 Å². The summed E-state index contributed by atoms with van der Waals surface area (Å²) in [5.41, 5.74) is 8.44. The molecule has 1 aromatic heterocycles. The molecular formula is C32H35N5O5S2. The predicted octanol–water partition coefficient (Wildman–Crippen LogP) is 3.93. The third-order valence-corrected chi connectivity index (χ3v) is 11.4. The number of sulfonamides is 2. The highest BCUT2D eigenvalue weighted by atomic mass is 32.2. The van der Waals surface area contributed by atoms with Gasteiger partial charge in [-0.05, 0) is 81.3 Å². The van der Waals surface area contributed by atoms with Crippen molar-refractivity contribution in [1.82, 2.24) is 18.6 Å². The molecule has 12 heteroatoms. The number of aryl methyl sites for hydroxylation is 3. The Morgan fingerprint density at radius 3 is 1.95 bits per heavy atom. The van der Waals surface area contributed by atoms with Crippen LogP contribution < -0.4 is 5.43 Å². The summed E-state index contributed by atoms with van der Waals surface area (Å²) in [6.45, 7) is 7.34. The van der Waals surface area contributed by atoms with Crippen LogP contribution in [0.15, 0.2) is 99.8 Å². The minimum atomic E-state index is -4.12. The Hall–Kier alpha value is -4.10. The Morgan fingerprint density at radius 1 is 0.795 bits per heavy atom. The van der Waals surface area contributed by atoms with Crippen molar-refractivity contribution in [1.29, 1.82) is 0 Å². The third kappa shape index (κ3) is 6.25. The van der Waals surface area contributed by atoms with E-state index in [0.29, 0.717) is 0 Å². The molecule has 230 valence electrons. The SMILES string of the molecule is Cc1cc(C)cc(-n2c(C)cc(/C=N\NC(=O)[C@@H]3CN(S(=O)(=O)c4ccccc4)CCN3S(=O)(=O)c3ccccc3)c2C)c1. The molecular weight excluding hydrogens is 599 g/mol. The summed E-state index contributed by atoms with van der Waals surface area (Å²) >= 11 is 0. The molecule has 1 amide bonds. The monoisotopic (exact) mass is 633 g/mol. The number of hydrogen-bond donors (Lipinski definition) is 1. The highest BCUT2D eigenvalue weighted by Crippen LogP contribution is 2.26. The van der Waals surface area contributed by atoms with Crippen LogP contribution in [0, 0.1) is 27.7 Å². The summed E-state index contributed by atoms with van der Waals surface area (Å²) in [7, 11) is -8.09. The number of aromatic nitrogens is 1. The van der Waals surface area contributed by atoms with E-state index in [1.807, 2.05) is 33.8 Å². The van der Waals surface area contributed by atoms with Crippen molar-refractivity contribution in [3.05, 3.63) is 113 Å². The van der Waals surface area contributed by atoms with E-state index in [-0.39, 0.29) is 29.4 Å². The fourth-order valence-corrected chi connectivity index (χ4v) is 8.62. The van der Waals surface area contributed by atoms with Crippen LogP contribution >= 0.6 is 0 Å².